The summed E-state index contributed by atoms with van der Waals surface area (Å²) in [4.78, 5) is 39.9. The van der Waals surface area contributed by atoms with E-state index in [1.807, 2.05) is 4.90 Å². The molecule has 8 heteroatoms. The standard InChI is InChI=1S/C21H21FN2O5/c1-28-20(26)15-6-2-3-7-16(15)21(27)29-14-19(25)24-12-10-23(11-13-24)18-9-5-4-8-17(18)22/h2-9H,10-14H2,1H3. The molecule has 2 aromatic rings. The van der Waals surface area contributed by atoms with Crippen LogP contribution < -0.4 is 4.90 Å². The molecular weight excluding hydrogens is 379 g/mol. The molecule has 0 aromatic heterocycles. The van der Waals surface area contributed by atoms with E-state index in [-0.39, 0.29) is 22.9 Å². The van der Waals surface area contributed by atoms with Crippen LogP contribution in [0.3, 0.4) is 0 Å². The molecule has 0 atom stereocenters. The van der Waals surface area contributed by atoms with Crippen LogP contribution in [0.25, 0.3) is 0 Å². The minimum absolute atomic E-state index is 0.0384. The number of nitrogens with zero attached hydrogens (tertiary/aromatic N) is 2. The molecule has 2 aromatic carbocycles. The molecule has 1 aliphatic heterocycles. The Bertz CT molecular complexity index is 909. The molecule has 0 spiro atoms. The zero-order chi connectivity index (χ0) is 20.8. The van der Waals surface area contributed by atoms with Crippen LogP contribution in [0.1, 0.15) is 20.7 Å². The van der Waals surface area contributed by atoms with E-state index in [9.17, 15) is 18.8 Å². The number of rotatable bonds is 5. The highest BCUT2D eigenvalue weighted by atomic mass is 19.1. The van der Waals surface area contributed by atoms with E-state index < -0.39 is 18.5 Å². The lowest BCUT2D eigenvalue weighted by molar-refractivity contribution is -0.134. The number of amides is 1. The Balaban J connectivity index is 1.54. The number of methoxy groups -OCH3 is 1. The number of ether oxygens (including phenoxy) is 2. The number of halogens is 1. The molecule has 0 unspecified atom stereocenters. The van der Waals surface area contributed by atoms with Gasteiger partial charge in [0.05, 0.1) is 23.9 Å². The third-order valence-electron chi connectivity index (χ3n) is 4.70. The van der Waals surface area contributed by atoms with Crippen molar-refractivity contribution < 1.29 is 28.2 Å². The molecule has 1 amide bonds. The van der Waals surface area contributed by atoms with Crippen LogP contribution in [0, 0.1) is 5.82 Å². The minimum atomic E-state index is -0.774. The van der Waals surface area contributed by atoms with Crippen molar-refractivity contribution >= 4 is 23.5 Å². The molecule has 152 valence electrons. The molecule has 0 aliphatic carbocycles. The van der Waals surface area contributed by atoms with Gasteiger partial charge in [0, 0.05) is 26.2 Å². The van der Waals surface area contributed by atoms with Gasteiger partial charge >= 0.3 is 11.9 Å². The molecule has 0 bridgehead atoms. The van der Waals surface area contributed by atoms with Gasteiger partial charge in [0.1, 0.15) is 5.82 Å². The highest BCUT2D eigenvalue weighted by Gasteiger charge is 2.24. The Labute approximate surface area is 167 Å². The van der Waals surface area contributed by atoms with Gasteiger partial charge in [-0.1, -0.05) is 24.3 Å². The molecule has 7 nitrogen and oxygen atoms in total. The van der Waals surface area contributed by atoms with Gasteiger partial charge in [-0.3, -0.25) is 4.79 Å². The van der Waals surface area contributed by atoms with E-state index in [0.29, 0.717) is 31.9 Å². The Hall–Kier alpha value is -3.42. The van der Waals surface area contributed by atoms with Gasteiger partial charge in [0.25, 0.3) is 5.91 Å². The number of piperazine rings is 1. The molecule has 0 saturated carbocycles. The summed E-state index contributed by atoms with van der Waals surface area (Å²) >= 11 is 0. The van der Waals surface area contributed by atoms with Gasteiger partial charge in [0.2, 0.25) is 0 Å². The van der Waals surface area contributed by atoms with Crippen LogP contribution in [0.2, 0.25) is 0 Å². The van der Waals surface area contributed by atoms with Crippen molar-refractivity contribution in [2.75, 3.05) is 44.8 Å². The average Bonchev–Trinajstić information content (AvgIpc) is 2.77. The summed E-state index contributed by atoms with van der Waals surface area (Å²) in [6, 6.07) is 12.6. The SMILES string of the molecule is COC(=O)c1ccccc1C(=O)OCC(=O)N1CCN(c2ccccc2F)CC1. The van der Waals surface area contributed by atoms with E-state index in [1.54, 1.807) is 35.2 Å². The fraction of sp³-hybridized carbons (Fsp3) is 0.286. The van der Waals surface area contributed by atoms with Gasteiger partial charge < -0.3 is 19.3 Å². The number of esters is 2. The molecule has 1 aliphatic rings. The summed E-state index contributed by atoms with van der Waals surface area (Å²) in [5, 5.41) is 0. The first-order valence-electron chi connectivity index (χ1n) is 9.13. The second-order valence-electron chi connectivity index (χ2n) is 6.43. The topological polar surface area (TPSA) is 76.2 Å². The zero-order valence-corrected chi connectivity index (χ0v) is 16.0. The first kappa shape index (κ1) is 20.3. The van der Waals surface area contributed by atoms with E-state index in [4.69, 9.17) is 4.74 Å². The first-order chi connectivity index (χ1) is 14.0. The van der Waals surface area contributed by atoms with Crippen molar-refractivity contribution in [1.82, 2.24) is 4.90 Å². The average molecular weight is 400 g/mol. The maximum Gasteiger partial charge on any atom is 0.339 e. The van der Waals surface area contributed by atoms with Crippen molar-refractivity contribution in [3.05, 3.63) is 65.5 Å². The maximum atomic E-state index is 13.9. The number of hydrogen-bond donors (Lipinski definition) is 0. The van der Waals surface area contributed by atoms with E-state index in [0.717, 1.165) is 0 Å². The van der Waals surface area contributed by atoms with Crippen LogP contribution in [0.5, 0.6) is 0 Å². The second-order valence-corrected chi connectivity index (χ2v) is 6.43. The Morgan fingerprint density at radius 1 is 0.897 bits per heavy atom. The quantitative estimate of drug-likeness (QED) is 0.716. The molecule has 3 rings (SSSR count). The summed E-state index contributed by atoms with van der Waals surface area (Å²) in [5.41, 5.74) is 0.618. The lowest BCUT2D eigenvalue weighted by Crippen LogP contribution is -2.50. The highest BCUT2D eigenvalue weighted by molar-refractivity contribution is 6.03. The highest BCUT2D eigenvalue weighted by Crippen LogP contribution is 2.20. The van der Waals surface area contributed by atoms with E-state index in [1.165, 1.54) is 25.3 Å². The fourth-order valence-electron chi connectivity index (χ4n) is 3.15. The lowest BCUT2D eigenvalue weighted by atomic mass is 10.1. The van der Waals surface area contributed by atoms with Gasteiger partial charge in [0.15, 0.2) is 6.61 Å². The molecule has 1 fully saturated rings. The zero-order valence-electron chi connectivity index (χ0n) is 16.0. The first-order valence-corrected chi connectivity index (χ1v) is 9.13. The van der Waals surface area contributed by atoms with Crippen molar-refractivity contribution in [3.63, 3.8) is 0 Å². The molecule has 0 radical (unpaired) electrons. The van der Waals surface area contributed by atoms with Crippen LogP contribution in [0.15, 0.2) is 48.5 Å². The third kappa shape index (κ3) is 4.71. The van der Waals surface area contributed by atoms with Gasteiger partial charge in [-0.25, -0.2) is 14.0 Å². The number of carbonyl (C=O) groups is 3. The van der Waals surface area contributed by atoms with Crippen LogP contribution in [0.4, 0.5) is 10.1 Å². The molecule has 29 heavy (non-hydrogen) atoms. The number of para-hydroxylation sites is 1. The molecule has 0 N–H and O–H groups in total. The van der Waals surface area contributed by atoms with Crippen LogP contribution in [-0.2, 0) is 14.3 Å². The Kier molecular flexibility index (Phi) is 6.43. The molecule has 1 saturated heterocycles. The van der Waals surface area contributed by atoms with Gasteiger partial charge in [-0.05, 0) is 24.3 Å². The third-order valence-corrected chi connectivity index (χ3v) is 4.70. The van der Waals surface area contributed by atoms with Crippen molar-refractivity contribution in [2.45, 2.75) is 0 Å². The van der Waals surface area contributed by atoms with E-state index in [2.05, 4.69) is 4.74 Å². The summed E-state index contributed by atoms with van der Waals surface area (Å²) in [7, 11) is 1.22. The van der Waals surface area contributed by atoms with Crippen molar-refractivity contribution in [1.29, 1.82) is 0 Å². The second kappa shape index (κ2) is 9.18. The monoisotopic (exact) mass is 400 g/mol. The van der Waals surface area contributed by atoms with E-state index >= 15 is 0 Å². The number of hydrogen-bond acceptors (Lipinski definition) is 6. The lowest BCUT2D eigenvalue weighted by Gasteiger charge is -2.36. The number of anilines is 1. The molecule has 1 heterocycles. The minimum Gasteiger partial charge on any atom is -0.465 e. The summed E-state index contributed by atoms with van der Waals surface area (Å²) in [5.74, 6) is -2.08. The summed E-state index contributed by atoms with van der Waals surface area (Å²) in [6.45, 7) is 1.30. The summed E-state index contributed by atoms with van der Waals surface area (Å²) in [6.07, 6.45) is 0. The predicted molar refractivity (Wildman–Crippen MR) is 103 cm³/mol. The van der Waals surface area contributed by atoms with Gasteiger partial charge in [-0.2, -0.15) is 0 Å². The van der Waals surface area contributed by atoms with Crippen LogP contribution in [-0.4, -0.2) is 62.6 Å². The van der Waals surface area contributed by atoms with Crippen molar-refractivity contribution in [2.24, 2.45) is 0 Å². The largest absolute Gasteiger partial charge is 0.465 e. The van der Waals surface area contributed by atoms with Gasteiger partial charge in [-0.15, -0.1) is 0 Å². The fourth-order valence-corrected chi connectivity index (χ4v) is 3.15. The molecular formula is C21H21FN2O5. The number of benzene rings is 2. The normalized spacial score (nSPS) is 13.7. The smallest absolute Gasteiger partial charge is 0.339 e. The predicted octanol–water partition coefficient (Wildman–Crippen LogP) is 2.12. The van der Waals surface area contributed by atoms with Crippen LogP contribution >= 0.6 is 0 Å². The Morgan fingerprint density at radius 2 is 1.48 bits per heavy atom. The Morgan fingerprint density at radius 3 is 2.10 bits per heavy atom. The maximum absolute atomic E-state index is 13.9. The van der Waals surface area contributed by atoms with Crippen molar-refractivity contribution in [3.8, 4) is 0 Å². The number of carbonyl (C=O) groups excluding carboxylic acids is 3. The summed E-state index contributed by atoms with van der Waals surface area (Å²) < 4.78 is 23.7.